The first-order chi connectivity index (χ1) is 11.1. The summed E-state index contributed by atoms with van der Waals surface area (Å²) in [4.78, 5) is 23.0. The lowest BCUT2D eigenvalue weighted by Crippen LogP contribution is -2.20. The molecule has 2 aromatic rings. The van der Waals surface area contributed by atoms with Gasteiger partial charge in [0.05, 0.1) is 17.3 Å². The Kier molecular flexibility index (Phi) is 5.31. The average molecular weight is 309 g/mol. The minimum absolute atomic E-state index is 0.215. The van der Waals surface area contributed by atoms with E-state index < -0.39 is 0 Å². The van der Waals surface area contributed by atoms with E-state index in [0.29, 0.717) is 22.7 Å². The van der Waals surface area contributed by atoms with Gasteiger partial charge in [0.1, 0.15) is 5.75 Å². The number of nitriles is 1. The topological polar surface area (TPSA) is 91.2 Å². The summed E-state index contributed by atoms with van der Waals surface area (Å²) >= 11 is 0. The number of anilines is 2. The fraction of sp³-hybridized carbons (Fsp3) is 0.118. The Bertz CT molecular complexity index is 766. The Labute approximate surface area is 133 Å². The highest BCUT2D eigenvalue weighted by Crippen LogP contribution is 2.23. The first-order valence-corrected chi connectivity index (χ1v) is 6.88. The van der Waals surface area contributed by atoms with Crippen molar-refractivity contribution in [2.75, 3.05) is 17.2 Å². The number of carbonyl (C=O) groups excluding carboxylic acids is 2. The van der Waals surface area contributed by atoms with Crippen molar-refractivity contribution in [3.63, 3.8) is 0 Å². The van der Waals surface area contributed by atoms with Crippen molar-refractivity contribution < 1.29 is 14.3 Å². The Morgan fingerprint density at radius 1 is 1.13 bits per heavy atom. The molecule has 0 radical (unpaired) electrons. The number of para-hydroxylation sites is 2. The number of hydrogen-bond donors (Lipinski definition) is 2. The lowest BCUT2D eigenvalue weighted by molar-refractivity contribution is -0.118. The molecule has 23 heavy (non-hydrogen) atoms. The van der Waals surface area contributed by atoms with Crippen LogP contribution >= 0.6 is 0 Å². The van der Waals surface area contributed by atoms with E-state index in [9.17, 15) is 9.59 Å². The van der Waals surface area contributed by atoms with Gasteiger partial charge in [-0.25, -0.2) is 0 Å². The van der Waals surface area contributed by atoms with Crippen LogP contribution in [0.15, 0.2) is 48.5 Å². The number of hydrogen-bond acceptors (Lipinski definition) is 4. The van der Waals surface area contributed by atoms with E-state index in [1.807, 2.05) is 6.07 Å². The molecule has 116 valence electrons. The van der Waals surface area contributed by atoms with Crippen molar-refractivity contribution in [1.82, 2.24) is 0 Å². The van der Waals surface area contributed by atoms with Crippen molar-refractivity contribution in [1.29, 1.82) is 5.26 Å². The molecule has 0 aliphatic carbocycles. The largest absolute Gasteiger partial charge is 0.482 e. The summed E-state index contributed by atoms with van der Waals surface area (Å²) in [7, 11) is 0. The van der Waals surface area contributed by atoms with Crippen LogP contribution in [0.1, 0.15) is 12.5 Å². The van der Waals surface area contributed by atoms with E-state index >= 15 is 0 Å². The molecule has 0 unspecified atom stereocenters. The van der Waals surface area contributed by atoms with Crippen molar-refractivity contribution in [2.45, 2.75) is 6.92 Å². The summed E-state index contributed by atoms with van der Waals surface area (Å²) in [5.41, 5.74) is 1.48. The van der Waals surface area contributed by atoms with Gasteiger partial charge in [0.15, 0.2) is 6.61 Å². The van der Waals surface area contributed by atoms with Crippen molar-refractivity contribution in [3.8, 4) is 11.8 Å². The van der Waals surface area contributed by atoms with Crippen LogP contribution in [0.3, 0.4) is 0 Å². The molecule has 0 saturated carbocycles. The molecular formula is C17H15N3O3. The molecule has 0 heterocycles. The summed E-state index contributed by atoms with van der Waals surface area (Å²) < 4.78 is 5.44. The molecule has 6 heteroatoms. The number of amides is 2. The van der Waals surface area contributed by atoms with Crippen molar-refractivity contribution in [3.05, 3.63) is 54.1 Å². The van der Waals surface area contributed by atoms with Gasteiger partial charge in [0, 0.05) is 12.6 Å². The van der Waals surface area contributed by atoms with E-state index in [2.05, 4.69) is 10.6 Å². The zero-order chi connectivity index (χ0) is 16.7. The molecule has 0 atom stereocenters. The van der Waals surface area contributed by atoms with Gasteiger partial charge in [-0.15, -0.1) is 0 Å². The van der Waals surface area contributed by atoms with Gasteiger partial charge in [-0.05, 0) is 30.3 Å². The Hall–Kier alpha value is -3.33. The Morgan fingerprint density at radius 3 is 2.65 bits per heavy atom. The number of nitrogens with one attached hydrogen (secondary N) is 2. The standard InChI is InChI=1S/C17H15N3O3/c1-12(21)19-15-7-2-3-8-16(15)23-11-17(22)20-14-6-4-5-13(9-14)10-18/h2-9H,11H2,1H3,(H,19,21)(H,20,22). The molecule has 0 fully saturated rings. The summed E-state index contributed by atoms with van der Waals surface area (Å²) in [6, 6.07) is 15.4. The maximum absolute atomic E-state index is 11.9. The van der Waals surface area contributed by atoms with Crippen molar-refractivity contribution >= 4 is 23.2 Å². The quantitative estimate of drug-likeness (QED) is 0.888. The van der Waals surface area contributed by atoms with Gasteiger partial charge in [-0.2, -0.15) is 5.26 Å². The Morgan fingerprint density at radius 2 is 1.91 bits per heavy atom. The molecular weight excluding hydrogens is 294 g/mol. The van der Waals surface area contributed by atoms with Crippen LogP contribution in [-0.2, 0) is 9.59 Å². The van der Waals surface area contributed by atoms with E-state index in [0.717, 1.165) is 0 Å². The summed E-state index contributed by atoms with van der Waals surface area (Å²) in [6.45, 7) is 1.18. The second kappa shape index (κ2) is 7.61. The number of nitrogens with zero attached hydrogens (tertiary/aromatic N) is 1. The molecule has 0 saturated heterocycles. The van der Waals surface area contributed by atoms with Gasteiger partial charge >= 0.3 is 0 Å². The van der Waals surface area contributed by atoms with Gasteiger partial charge in [0.2, 0.25) is 5.91 Å². The highest BCUT2D eigenvalue weighted by atomic mass is 16.5. The normalized spacial score (nSPS) is 9.57. The molecule has 2 aromatic carbocycles. The SMILES string of the molecule is CC(=O)Nc1ccccc1OCC(=O)Nc1cccc(C#N)c1. The first kappa shape index (κ1) is 16.0. The second-order valence-electron chi connectivity index (χ2n) is 4.71. The van der Waals surface area contributed by atoms with Crippen LogP contribution in [0, 0.1) is 11.3 Å². The van der Waals surface area contributed by atoms with E-state index in [4.69, 9.17) is 10.00 Å². The zero-order valence-corrected chi connectivity index (χ0v) is 12.5. The van der Waals surface area contributed by atoms with Gasteiger partial charge < -0.3 is 15.4 Å². The van der Waals surface area contributed by atoms with Crippen molar-refractivity contribution in [2.24, 2.45) is 0 Å². The van der Waals surface area contributed by atoms with E-state index in [1.54, 1.807) is 48.5 Å². The van der Waals surface area contributed by atoms with Crippen LogP contribution in [0.25, 0.3) is 0 Å². The monoisotopic (exact) mass is 309 g/mol. The summed E-state index contributed by atoms with van der Waals surface area (Å²) in [5, 5.41) is 14.1. The van der Waals surface area contributed by atoms with Crippen LogP contribution in [0.4, 0.5) is 11.4 Å². The van der Waals surface area contributed by atoms with Crippen LogP contribution in [0.2, 0.25) is 0 Å². The molecule has 0 aliphatic rings. The number of carbonyl (C=O) groups is 2. The summed E-state index contributed by atoms with van der Waals surface area (Å²) in [6.07, 6.45) is 0. The van der Waals surface area contributed by atoms with Crippen LogP contribution < -0.4 is 15.4 Å². The number of benzene rings is 2. The fourth-order valence-electron chi connectivity index (χ4n) is 1.89. The summed E-state index contributed by atoms with van der Waals surface area (Å²) in [5.74, 6) is -0.180. The third-order valence-electron chi connectivity index (χ3n) is 2.83. The molecule has 2 N–H and O–H groups in total. The lowest BCUT2D eigenvalue weighted by Gasteiger charge is -2.11. The predicted molar refractivity (Wildman–Crippen MR) is 86.0 cm³/mol. The number of ether oxygens (including phenoxy) is 1. The predicted octanol–water partition coefficient (Wildman–Crippen LogP) is 2.53. The third kappa shape index (κ3) is 4.86. The molecule has 6 nitrogen and oxygen atoms in total. The molecule has 2 rings (SSSR count). The lowest BCUT2D eigenvalue weighted by atomic mass is 10.2. The number of rotatable bonds is 5. The van der Waals surface area contributed by atoms with Gasteiger partial charge in [-0.1, -0.05) is 18.2 Å². The highest BCUT2D eigenvalue weighted by molar-refractivity contribution is 5.93. The molecule has 0 aromatic heterocycles. The molecule has 0 bridgehead atoms. The highest BCUT2D eigenvalue weighted by Gasteiger charge is 2.08. The Balaban J connectivity index is 1.97. The molecule has 0 aliphatic heterocycles. The van der Waals surface area contributed by atoms with Crippen LogP contribution in [0.5, 0.6) is 5.75 Å². The van der Waals surface area contributed by atoms with Gasteiger partial charge in [0.25, 0.3) is 5.91 Å². The smallest absolute Gasteiger partial charge is 0.262 e. The molecule has 0 spiro atoms. The minimum Gasteiger partial charge on any atom is -0.482 e. The van der Waals surface area contributed by atoms with Gasteiger partial charge in [-0.3, -0.25) is 9.59 Å². The third-order valence-corrected chi connectivity index (χ3v) is 2.83. The first-order valence-electron chi connectivity index (χ1n) is 6.88. The van der Waals surface area contributed by atoms with E-state index in [1.165, 1.54) is 6.92 Å². The minimum atomic E-state index is -0.363. The zero-order valence-electron chi connectivity index (χ0n) is 12.5. The maximum Gasteiger partial charge on any atom is 0.262 e. The molecule has 2 amide bonds. The second-order valence-corrected chi connectivity index (χ2v) is 4.71. The maximum atomic E-state index is 11.9. The fourth-order valence-corrected chi connectivity index (χ4v) is 1.89. The van der Waals surface area contributed by atoms with E-state index in [-0.39, 0.29) is 18.4 Å². The average Bonchev–Trinajstić information content (AvgIpc) is 2.53. The van der Waals surface area contributed by atoms with Crippen LogP contribution in [-0.4, -0.2) is 18.4 Å².